The molecule has 0 unspecified atom stereocenters. The van der Waals surface area contributed by atoms with Crippen LogP contribution >= 0.6 is 0 Å². The zero-order valence-electron chi connectivity index (χ0n) is 15.3. The summed E-state index contributed by atoms with van der Waals surface area (Å²) in [6, 6.07) is 5.74. The van der Waals surface area contributed by atoms with E-state index >= 15 is 0 Å². The van der Waals surface area contributed by atoms with Gasteiger partial charge >= 0.3 is 5.97 Å². The largest absolute Gasteiger partial charge is 0.508 e. The second kappa shape index (κ2) is 11.1. The Labute approximate surface area is 154 Å². The number of aliphatic hydroxyl groups is 1. The van der Waals surface area contributed by atoms with Gasteiger partial charge < -0.3 is 14.7 Å². The summed E-state index contributed by atoms with van der Waals surface area (Å²) in [6.45, 7) is 3.00. The molecule has 1 N–H and O–H groups in total. The minimum Gasteiger partial charge on any atom is -0.508 e. The zero-order chi connectivity index (χ0) is 18.6. The third-order valence-electron chi connectivity index (χ3n) is 3.95. The van der Waals surface area contributed by atoms with E-state index in [2.05, 4.69) is 9.98 Å². The molecule has 140 valence electrons. The molecule has 1 aliphatic heterocycles. The lowest BCUT2D eigenvalue weighted by Crippen LogP contribution is -2.24. The molecule has 6 nitrogen and oxygen atoms in total. The maximum absolute atomic E-state index is 11.3. The molecule has 1 aromatic rings. The van der Waals surface area contributed by atoms with E-state index < -0.39 is 0 Å². The van der Waals surface area contributed by atoms with Gasteiger partial charge in [-0.25, -0.2) is 9.98 Å². The number of esters is 1. The van der Waals surface area contributed by atoms with Crippen LogP contribution in [0.4, 0.5) is 5.82 Å². The fraction of sp³-hybridized carbons (Fsp3) is 0.450. The van der Waals surface area contributed by atoms with E-state index in [4.69, 9.17) is 4.74 Å². The molecule has 0 amide bonds. The Kier molecular flexibility index (Phi) is 8.39. The SMILES string of the molecule is CCOC(=O)CCCCCCN(C1=CC(O)=CCC=N1)c1ccccn1. The average Bonchev–Trinajstić information content (AvgIpc) is 2.86. The van der Waals surface area contributed by atoms with Crippen molar-refractivity contribution in [2.45, 2.75) is 45.4 Å². The minimum atomic E-state index is -0.122. The van der Waals surface area contributed by atoms with Crippen LogP contribution in [-0.4, -0.2) is 35.4 Å². The van der Waals surface area contributed by atoms with Crippen LogP contribution < -0.4 is 4.90 Å². The van der Waals surface area contributed by atoms with Gasteiger partial charge in [-0.1, -0.05) is 18.9 Å². The molecule has 0 atom stereocenters. The van der Waals surface area contributed by atoms with Crippen LogP contribution in [0.15, 0.2) is 53.1 Å². The highest BCUT2D eigenvalue weighted by Gasteiger charge is 2.14. The van der Waals surface area contributed by atoms with Crippen LogP contribution in [0.2, 0.25) is 0 Å². The van der Waals surface area contributed by atoms with Gasteiger partial charge in [0.25, 0.3) is 0 Å². The van der Waals surface area contributed by atoms with Gasteiger partial charge in [-0.2, -0.15) is 0 Å². The van der Waals surface area contributed by atoms with Crippen molar-refractivity contribution in [1.82, 2.24) is 4.98 Å². The molecule has 0 fully saturated rings. The number of aromatic nitrogens is 1. The van der Waals surface area contributed by atoms with Crippen molar-refractivity contribution in [1.29, 1.82) is 0 Å². The Bertz CT molecular complexity index is 654. The molecule has 6 heteroatoms. The maximum Gasteiger partial charge on any atom is 0.305 e. The predicted octanol–water partition coefficient (Wildman–Crippen LogP) is 4.16. The van der Waals surface area contributed by atoms with Gasteiger partial charge in [-0.3, -0.25) is 4.79 Å². The van der Waals surface area contributed by atoms with E-state index in [9.17, 15) is 9.90 Å². The third-order valence-corrected chi connectivity index (χ3v) is 3.95. The highest BCUT2D eigenvalue weighted by atomic mass is 16.5. The first-order chi connectivity index (χ1) is 12.7. The zero-order valence-corrected chi connectivity index (χ0v) is 15.3. The summed E-state index contributed by atoms with van der Waals surface area (Å²) in [6.07, 6.45) is 11.8. The van der Waals surface area contributed by atoms with Crippen LogP contribution in [-0.2, 0) is 9.53 Å². The number of hydrogen-bond donors (Lipinski definition) is 1. The molecule has 0 aliphatic carbocycles. The minimum absolute atomic E-state index is 0.122. The Morgan fingerprint density at radius 2 is 2.12 bits per heavy atom. The Balaban J connectivity index is 1.90. The molecule has 2 heterocycles. The first-order valence-electron chi connectivity index (χ1n) is 9.18. The van der Waals surface area contributed by atoms with Crippen molar-refractivity contribution >= 4 is 18.0 Å². The van der Waals surface area contributed by atoms with Crippen molar-refractivity contribution in [3.05, 3.63) is 48.1 Å². The summed E-state index contributed by atoms with van der Waals surface area (Å²) >= 11 is 0. The number of nitrogens with zero attached hydrogens (tertiary/aromatic N) is 3. The molecule has 1 aromatic heterocycles. The van der Waals surface area contributed by atoms with Crippen LogP contribution in [0.5, 0.6) is 0 Å². The van der Waals surface area contributed by atoms with Gasteiger partial charge in [-0.15, -0.1) is 0 Å². The van der Waals surface area contributed by atoms with Gasteiger partial charge in [0.15, 0.2) is 0 Å². The average molecular weight is 357 g/mol. The van der Waals surface area contributed by atoms with E-state index in [1.165, 1.54) is 0 Å². The van der Waals surface area contributed by atoms with E-state index in [-0.39, 0.29) is 11.7 Å². The fourth-order valence-electron chi connectivity index (χ4n) is 2.68. The topological polar surface area (TPSA) is 75.0 Å². The number of pyridine rings is 1. The molecule has 0 saturated heterocycles. The summed E-state index contributed by atoms with van der Waals surface area (Å²) in [5.41, 5.74) is 0. The number of hydrogen-bond acceptors (Lipinski definition) is 6. The van der Waals surface area contributed by atoms with Crippen LogP contribution in [0.25, 0.3) is 0 Å². The predicted molar refractivity (Wildman–Crippen MR) is 103 cm³/mol. The molecule has 26 heavy (non-hydrogen) atoms. The van der Waals surface area contributed by atoms with E-state index in [1.807, 2.05) is 30.0 Å². The summed E-state index contributed by atoms with van der Waals surface area (Å²) < 4.78 is 4.94. The van der Waals surface area contributed by atoms with Gasteiger partial charge in [0.05, 0.1) is 6.61 Å². The van der Waals surface area contributed by atoms with E-state index in [0.29, 0.717) is 25.3 Å². The van der Waals surface area contributed by atoms with E-state index in [0.717, 1.165) is 38.0 Å². The number of carbonyl (C=O) groups excluding carboxylic acids is 1. The standard InChI is InChI=1S/C20H27N3O3/c1-2-26-20(25)12-5-3-4-8-15-23(18-11-6-7-13-21-18)19-16-17(24)10-9-14-22-19/h6-7,10-11,13-14,16,24H,2-5,8-9,12,15H2,1H3. The number of allylic oxidation sites excluding steroid dienone is 2. The van der Waals surface area contributed by atoms with Crippen molar-refractivity contribution in [2.24, 2.45) is 4.99 Å². The summed E-state index contributed by atoms with van der Waals surface area (Å²) in [5, 5.41) is 9.91. The lowest BCUT2D eigenvalue weighted by molar-refractivity contribution is -0.143. The first-order valence-corrected chi connectivity index (χ1v) is 9.18. The number of anilines is 1. The highest BCUT2D eigenvalue weighted by Crippen LogP contribution is 2.21. The Hall–Kier alpha value is -2.63. The fourth-order valence-corrected chi connectivity index (χ4v) is 2.68. The van der Waals surface area contributed by atoms with Gasteiger partial charge in [0, 0.05) is 37.9 Å². The lowest BCUT2D eigenvalue weighted by Gasteiger charge is -2.23. The quantitative estimate of drug-likeness (QED) is 0.503. The monoisotopic (exact) mass is 357 g/mol. The van der Waals surface area contributed by atoms with Gasteiger partial charge in [0.1, 0.15) is 17.4 Å². The highest BCUT2D eigenvalue weighted by molar-refractivity contribution is 5.69. The summed E-state index contributed by atoms with van der Waals surface area (Å²) in [5.74, 6) is 1.58. The lowest BCUT2D eigenvalue weighted by atomic mass is 10.1. The van der Waals surface area contributed by atoms with Crippen molar-refractivity contribution in [3.63, 3.8) is 0 Å². The molecule has 1 aliphatic rings. The number of aliphatic hydroxyl groups excluding tert-OH is 1. The molecule has 0 saturated carbocycles. The number of aliphatic imine (C=N–C) groups is 1. The third kappa shape index (κ3) is 6.70. The molecule has 2 rings (SSSR count). The van der Waals surface area contributed by atoms with E-state index in [1.54, 1.807) is 24.6 Å². The van der Waals surface area contributed by atoms with Gasteiger partial charge in [-0.05, 0) is 38.0 Å². The maximum atomic E-state index is 11.3. The van der Waals surface area contributed by atoms with Crippen molar-refractivity contribution < 1.29 is 14.6 Å². The second-order valence-corrected chi connectivity index (χ2v) is 5.99. The number of rotatable bonds is 10. The molecule has 0 spiro atoms. The molecule has 0 radical (unpaired) electrons. The first kappa shape index (κ1) is 19.7. The number of ether oxygens (including phenoxy) is 1. The van der Waals surface area contributed by atoms with Crippen LogP contribution in [0.3, 0.4) is 0 Å². The molecule has 0 aromatic carbocycles. The summed E-state index contributed by atoms with van der Waals surface area (Å²) in [7, 11) is 0. The van der Waals surface area contributed by atoms with Crippen LogP contribution in [0.1, 0.15) is 45.4 Å². The molecular formula is C20H27N3O3. The smallest absolute Gasteiger partial charge is 0.305 e. The normalized spacial score (nSPS) is 13.6. The van der Waals surface area contributed by atoms with Gasteiger partial charge in [0.2, 0.25) is 0 Å². The number of unbranched alkanes of at least 4 members (excludes halogenated alkanes) is 3. The second-order valence-electron chi connectivity index (χ2n) is 5.99. The molecule has 0 bridgehead atoms. The molecular weight excluding hydrogens is 330 g/mol. The Morgan fingerprint density at radius 1 is 1.27 bits per heavy atom. The van der Waals surface area contributed by atoms with Crippen molar-refractivity contribution in [2.75, 3.05) is 18.1 Å². The Morgan fingerprint density at radius 3 is 2.88 bits per heavy atom. The van der Waals surface area contributed by atoms with Crippen molar-refractivity contribution in [3.8, 4) is 0 Å². The number of carbonyl (C=O) groups is 1. The summed E-state index contributed by atoms with van der Waals surface area (Å²) in [4.78, 5) is 22.2. The van der Waals surface area contributed by atoms with Crippen LogP contribution in [0, 0.1) is 0 Å².